The van der Waals surface area contributed by atoms with Gasteiger partial charge in [0.15, 0.2) is 0 Å². The molecule has 0 spiro atoms. The Kier molecular flexibility index (Phi) is 4.55. The Labute approximate surface area is 41.4 Å². The van der Waals surface area contributed by atoms with Gasteiger partial charge in [-0.3, -0.25) is 0 Å². The molecule has 0 atom stereocenters. The van der Waals surface area contributed by atoms with Gasteiger partial charge in [-0.2, -0.15) is 0 Å². The van der Waals surface area contributed by atoms with Crippen LogP contribution in [0.2, 0.25) is 6.82 Å². The van der Waals surface area contributed by atoms with E-state index in [1.54, 1.807) is 0 Å². The zero-order valence-corrected chi connectivity index (χ0v) is 4.82. The summed E-state index contributed by atoms with van der Waals surface area (Å²) in [6.45, 7) is 2.05. The second-order valence-electron chi connectivity index (χ2n) is 0.563. The van der Waals surface area contributed by atoms with E-state index in [0.717, 1.165) is 4.33 Å². The Bertz CT molecular complexity index is 8.00. The SMILES string of the molecule is C[B]CI. The van der Waals surface area contributed by atoms with Crippen molar-refractivity contribution in [2.75, 3.05) is 4.33 Å². The molecule has 0 amide bonds. The summed E-state index contributed by atoms with van der Waals surface area (Å²) >= 11 is 2.30. The second kappa shape index (κ2) is 3.79. The molecule has 0 aromatic heterocycles. The van der Waals surface area contributed by atoms with E-state index in [-0.39, 0.29) is 0 Å². The molecule has 0 aliphatic heterocycles. The molecule has 0 saturated heterocycles. The monoisotopic (exact) mass is 167 g/mol. The second-order valence-corrected chi connectivity index (χ2v) is 1.44. The van der Waals surface area contributed by atoms with Crippen molar-refractivity contribution in [1.29, 1.82) is 0 Å². The number of alkyl halides is 1. The third-order valence-electron chi connectivity index (χ3n) is 0.154. The van der Waals surface area contributed by atoms with Gasteiger partial charge >= 0.3 is 0 Å². The van der Waals surface area contributed by atoms with Gasteiger partial charge in [-0.1, -0.05) is 29.4 Å². The van der Waals surface area contributed by atoms with E-state index in [9.17, 15) is 0 Å². The van der Waals surface area contributed by atoms with Crippen molar-refractivity contribution in [2.24, 2.45) is 0 Å². The highest BCUT2D eigenvalue weighted by Gasteiger charge is 1.63. The Morgan fingerprint density at radius 1 is 2.00 bits per heavy atom. The van der Waals surface area contributed by atoms with Gasteiger partial charge in [0, 0.05) is 0 Å². The van der Waals surface area contributed by atoms with Crippen LogP contribution in [0, 0.1) is 0 Å². The fourth-order valence-electron chi connectivity index (χ4n) is 0. The summed E-state index contributed by atoms with van der Waals surface area (Å²) in [7, 11) is 2.11. The lowest BCUT2D eigenvalue weighted by atomic mass is 9.87. The molecule has 2 heteroatoms. The van der Waals surface area contributed by atoms with Gasteiger partial charge in [0.25, 0.3) is 0 Å². The van der Waals surface area contributed by atoms with Crippen LogP contribution in [0.1, 0.15) is 0 Å². The summed E-state index contributed by atoms with van der Waals surface area (Å²) in [4.78, 5) is 0. The topological polar surface area (TPSA) is 0 Å². The van der Waals surface area contributed by atoms with Crippen molar-refractivity contribution in [2.45, 2.75) is 6.82 Å². The lowest BCUT2D eigenvalue weighted by Gasteiger charge is -1.61. The molecule has 0 heterocycles. The summed E-state index contributed by atoms with van der Waals surface area (Å²) in [5.41, 5.74) is 0. The highest BCUT2D eigenvalue weighted by Crippen LogP contribution is 1.71. The molecule has 0 rings (SSSR count). The molecule has 0 N–H and O–H groups in total. The standard InChI is InChI=1S/C2H5BI/c1-3-2-4/h2H2,1H3. The van der Waals surface area contributed by atoms with Crippen LogP contribution in [0.4, 0.5) is 0 Å². The minimum Gasteiger partial charge on any atom is -0.0960 e. The number of hydrogen-bond donors (Lipinski definition) is 0. The predicted octanol–water partition coefficient (Wildman–Crippen LogP) is 1.13. The molecule has 0 saturated carbocycles. The molecular formula is C2H5BI. The molecular weight excluding hydrogens is 162 g/mol. The van der Waals surface area contributed by atoms with Crippen LogP contribution < -0.4 is 0 Å². The Morgan fingerprint density at radius 3 is 2.25 bits per heavy atom. The van der Waals surface area contributed by atoms with E-state index < -0.39 is 0 Å². The van der Waals surface area contributed by atoms with Gasteiger partial charge in [-0.15, -0.1) is 0 Å². The first-order valence-electron chi connectivity index (χ1n) is 1.25. The predicted molar refractivity (Wildman–Crippen MR) is 30.5 cm³/mol. The Balaban J connectivity index is 1.97. The minimum atomic E-state index is 1.16. The highest BCUT2D eigenvalue weighted by atomic mass is 127. The lowest BCUT2D eigenvalue weighted by Crippen LogP contribution is -1.75. The minimum absolute atomic E-state index is 1.16. The van der Waals surface area contributed by atoms with Gasteiger partial charge in [-0.25, -0.2) is 0 Å². The molecule has 0 unspecified atom stereocenters. The summed E-state index contributed by atoms with van der Waals surface area (Å²) in [5.74, 6) is 0. The van der Waals surface area contributed by atoms with Crippen molar-refractivity contribution in [3.63, 3.8) is 0 Å². The van der Waals surface area contributed by atoms with Gasteiger partial charge in [0.2, 0.25) is 0 Å². The van der Waals surface area contributed by atoms with Gasteiger partial charge < -0.3 is 0 Å². The highest BCUT2D eigenvalue weighted by molar-refractivity contribution is 14.1. The quantitative estimate of drug-likeness (QED) is 0.312. The lowest BCUT2D eigenvalue weighted by molar-refractivity contribution is 2.13. The van der Waals surface area contributed by atoms with Gasteiger partial charge in [0.1, 0.15) is 7.28 Å². The summed E-state index contributed by atoms with van der Waals surface area (Å²) in [5, 5.41) is 0. The first kappa shape index (κ1) is 4.79. The van der Waals surface area contributed by atoms with Crippen LogP contribution >= 0.6 is 22.6 Å². The Hall–Kier alpha value is 0.795. The molecule has 23 valence electrons. The maximum Gasteiger partial charge on any atom is 0.119 e. The van der Waals surface area contributed by atoms with Crippen molar-refractivity contribution in [1.82, 2.24) is 0 Å². The zero-order chi connectivity index (χ0) is 3.41. The van der Waals surface area contributed by atoms with Crippen LogP contribution in [0.25, 0.3) is 0 Å². The van der Waals surface area contributed by atoms with Crippen LogP contribution in [-0.4, -0.2) is 11.6 Å². The number of rotatable bonds is 1. The number of hydrogen-bond acceptors (Lipinski definition) is 0. The summed E-state index contributed by atoms with van der Waals surface area (Å²) < 4.78 is 1.16. The molecule has 4 heavy (non-hydrogen) atoms. The molecule has 0 aliphatic rings. The van der Waals surface area contributed by atoms with E-state index in [1.165, 1.54) is 0 Å². The Morgan fingerprint density at radius 2 is 2.25 bits per heavy atom. The normalized spacial score (nSPS) is 6.50. The van der Waals surface area contributed by atoms with Crippen molar-refractivity contribution < 1.29 is 0 Å². The van der Waals surface area contributed by atoms with E-state index in [0.29, 0.717) is 0 Å². The van der Waals surface area contributed by atoms with Crippen LogP contribution in [0.5, 0.6) is 0 Å². The van der Waals surface area contributed by atoms with Crippen LogP contribution in [0.15, 0.2) is 0 Å². The molecule has 0 aromatic carbocycles. The fraction of sp³-hybridized carbons (Fsp3) is 1.00. The maximum atomic E-state index is 2.30. The first-order chi connectivity index (χ1) is 1.91. The maximum absolute atomic E-state index is 2.30. The molecule has 0 aromatic rings. The molecule has 1 radical (unpaired) electrons. The van der Waals surface area contributed by atoms with Crippen LogP contribution in [-0.2, 0) is 0 Å². The molecule has 0 aliphatic carbocycles. The average molecular weight is 167 g/mol. The van der Waals surface area contributed by atoms with Crippen molar-refractivity contribution in [3.05, 3.63) is 0 Å². The zero-order valence-electron chi connectivity index (χ0n) is 2.66. The largest absolute Gasteiger partial charge is 0.119 e. The molecule has 0 fully saturated rings. The molecule has 0 bridgehead atoms. The third-order valence-corrected chi connectivity index (χ3v) is 1.04. The van der Waals surface area contributed by atoms with E-state index in [4.69, 9.17) is 0 Å². The average Bonchev–Trinajstić information content (AvgIpc) is 1.37. The van der Waals surface area contributed by atoms with Crippen molar-refractivity contribution in [3.8, 4) is 0 Å². The smallest absolute Gasteiger partial charge is 0.0960 e. The van der Waals surface area contributed by atoms with Crippen LogP contribution in [0.3, 0.4) is 0 Å². The van der Waals surface area contributed by atoms with E-state index in [2.05, 4.69) is 29.9 Å². The van der Waals surface area contributed by atoms with Gasteiger partial charge in [-0.05, 0) is 4.33 Å². The van der Waals surface area contributed by atoms with E-state index in [1.807, 2.05) is 6.82 Å². The van der Waals surface area contributed by atoms with Crippen molar-refractivity contribution >= 4 is 29.9 Å². The fourth-order valence-corrected chi connectivity index (χ4v) is 0. The first-order valence-corrected chi connectivity index (χ1v) is 2.78. The summed E-state index contributed by atoms with van der Waals surface area (Å²) in [6, 6.07) is 0. The van der Waals surface area contributed by atoms with E-state index >= 15 is 0 Å². The molecule has 0 nitrogen and oxygen atoms in total. The third kappa shape index (κ3) is 2.79. The number of halogens is 1. The van der Waals surface area contributed by atoms with Gasteiger partial charge in [0.05, 0.1) is 0 Å². The summed E-state index contributed by atoms with van der Waals surface area (Å²) in [6.07, 6.45) is 0.